The van der Waals surface area contributed by atoms with Crippen molar-refractivity contribution in [2.45, 2.75) is 6.92 Å². The Morgan fingerprint density at radius 1 is 1.53 bits per heavy atom. The highest BCUT2D eigenvalue weighted by Crippen LogP contribution is 2.29. The molecule has 2 aromatic rings. The van der Waals surface area contributed by atoms with Crippen molar-refractivity contribution in [3.8, 4) is 0 Å². The highest BCUT2D eigenvalue weighted by Gasteiger charge is 2.20. The van der Waals surface area contributed by atoms with Crippen LogP contribution in [0.1, 0.15) is 5.56 Å². The fourth-order valence-corrected chi connectivity index (χ4v) is 1.49. The predicted octanol–water partition coefficient (Wildman–Crippen LogP) is 2.59. The third-order valence-corrected chi connectivity index (χ3v) is 2.24. The Kier molecular flexibility index (Phi) is 2.07. The number of pyridine rings is 1. The van der Waals surface area contributed by atoms with Crippen LogP contribution in [-0.2, 0) is 0 Å². The summed E-state index contributed by atoms with van der Waals surface area (Å²) in [6.07, 6.45) is 1.45. The van der Waals surface area contributed by atoms with Crippen LogP contribution in [0.2, 0.25) is 0 Å². The number of rotatable bonds is 1. The van der Waals surface area contributed by atoms with Gasteiger partial charge < -0.3 is 0 Å². The molecule has 0 saturated heterocycles. The number of nitro groups is 1. The predicted molar refractivity (Wildman–Crippen MR) is 53.1 cm³/mol. The zero-order chi connectivity index (χ0) is 11.0. The number of halogens is 1. The summed E-state index contributed by atoms with van der Waals surface area (Å²) in [6.45, 7) is 1.38. The number of aromatic nitrogens is 1. The number of hydrogen-bond donors (Lipinski definition) is 0. The maximum absolute atomic E-state index is 13.3. The summed E-state index contributed by atoms with van der Waals surface area (Å²) in [6, 6.07) is 4.46. The second-order valence-corrected chi connectivity index (χ2v) is 3.16. The van der Waals surface area contributed by atoms with Crippen molar-refractivity contribution in [1.29, 1.82) is 0 Å². The van der Waals surface area contributed by atoms with Crippen LogP contribution in [0.4, 0.5) is 10.1 Å². The molecule has 0 saturated carbocycles. The van der Waals surface area contributed by atoms with Gasteiger partial charge in [0.05, 0.1) is 10.5 Å². The second kappa shape index (κ2) is 3.27. The van der Waals surface area contributed by atoms with Gasteiger partial charge in [-0.3, -0.25) is 10.1 Å². The van der Waals surface area contributed by atoms with Crippen LogP contribution in [0, 0.1) is 22.9 Å². The smallest absolute Gasteiger partial charge is 0.258 e. The lowest BCUT2D eigenvalue weighted by Crippen LogP contribution is -1.97. The lowest BCUT2D eigenvalue weighted by Gasteiger charge is -2.02. The molecule has 1 heterocycles. The van der Waals surface area contributed by atoms with Crippen molar-refractivity contribution < 1.29 is 9.31 Å². The van der Waals surface area contributed by atoms with Gasteiger partial charge in [0.15, 0.2) is 0 Å². The first kappa shape index (κ1) is 9.51. The van der Waals surface area contributed by atoms with Gasteiger partial charge in [-0.2, -0.15) is 0 Å². The highest BCUT2D eigenvalue weighted by atomic mass is 19.1. The highest BCUT2D eigenvalue weighted by molar-refractivity contribution is 5.88. The van der Waals surface area contributed by atoms with E-state index in [1.807, 2.05) is 0 Å². The maximum atomic E-state index is 13.3. The van der Waals surface area contributed by atoms with E-state index in [2.05, 4.69) is 4.98 Å². The molecule has 4 nitrogen and oxygen atoms in total. The molecule has 0 amide bonds. The van der Waals surface area contributed by atoms with Gasteiger partial charge in [-0.15, -0.1) is 0 Å². The van der Waals surface area contributed by atoms with E-state index in [0.29, 0.717) is 5.39 Å². The van der Waals surface area contributed by atoms with E-state index in [9.17, 15) is 14.5 Å². The summed E-state index contributed by atoms with van der Waals surface area (Å²) in [4.78, 5) is 14.1. The monoisotopic (exact) mass is 206 g/mol. The van der Waals surface area contributed by atoms with Gasteiger partial charge in [-0.05, 0) is 19.1 Å². The van der Waals surface area contributed by atoms with Gasteiger partial charge in [0.25, 0.3) is 0 Å². The van der Waals surface area contributed by atoms with E-state index < -0.39 is 10.7 Å². The molecule has 0 aliphatic carbocycles. The van der Waals surface area contributed by atoms with E-state index in [-0.39, 0.29) is 16.8 Å². The largest absolute Gasteiger partial charge is 0.301 e. The Bertz CT molecular complexity index is 554. The van der Waals surface area contributed by atoms with Crippen molar-refractivity contribution in [1.82, 2.24) is 4.98 Å². The molecule has 0 N–H and O–H groups in total. The molecule has 0 aliphatic heterocycles. The summed E-state index contributed by atoms with van der Waals surface area (Å²) in [5.41, 5.74) is -0.0156. The first-order valence-electron chi connectivity index (χ1n) is 4.29. The number of benzene rings is 1. The molecule has 0 fully saturated rings. The Labute approximate surface area is 84.5 Å². The summed E-state index contributed by atoms with van der Waals surface area (Å²) in [5.74, 6) is -0.581. The van der Waals surface area contributed by atoms with Crippen molar-refractivity contribution >= 4 is 16.6 Å². The fraction of sp³-hybridized carbons (Fsp3) is 0.100. The third kappa shape index (κ3) is 1.41. The van der Waals surface area contributed by atoms with Gasteiger partial charge in [0.1, 0.15) is 11.3 Å². The van der Waals surface area contributed by atoms with Gasteiger partial charge in [-0.1, -0.05) is 6.07 Å². The van der Waals surface area contributed by atoms with Crippen LogP contribution in [0.15, 0.2) is 24.4 Å². The molecule has 0 bridgehead atoms. The molecule has 5 heteroatoms. The minimum absolute atomic E-state index is 0.0196. The lowest BCUT2D eigenvalue weighted by atomic mass is 10.1. The van der Waals surface area contributed by atoms with Crippen molar-refractivity contribution in [2.24, 2.45) is 0 Å². The minimum Gasteiger partial charge on any atom is -0.258 e. The zero-order valence-electron chi connectivity index (χ0n) is 7.90. The molecule has 0 radical (unpaired) electrons. The average Bonchev–Trinajstić information content (AvgIpc) is 2.19. The molecule has 76 valence electrons. The standard InChI is InChI=1S/C10H7FN2O2/c1-6-8(11)5-7-3-2-4-12-9(7)10(6)13(14)15/h2-5H,1H3. The molecular formula is C10H7FN2O2. The van der Waals surface area contributed by atoms with Crippen LogP contribution >= 0.6 is 0 Å². The summed E-state index contributed by atoms with van der Waals surface area (Å²) < 4.78 is 13.3. The second-order valence-electron chi connectivity index (χ2n) is 3.16. The zero-order valence-corrected chi connectivity index (χ0v) is 7.90. The van der Waals surface area contributed by atoms with Crippen LogP contribution in [-0.4, -0.2) is 9.91 Å². The number of hydrogen-bond acceptors (Lipinski definition) is 3. The molecule has 2 rings (SSSR count). The van der Waals surface area contributed by atoms with Crippen LogP contribution in [0.25, 0.3) is 10.9 Å². The van der Waals surface area contributed by atoms with Gasteiger partial charge in [-0.25, -0.2) is 9.37 Å². The number of nitro benzene ring substituents is 1. The maximum Gasteiger partial charge on any atom is 0.301 e. The van der Waals surface area contributed by atoms with Gasteiger partial charge >= 0.3 is 5.69 Å². The number of fused-ring (bicyclic) bond motifs is 1. The molecular weight excluding hydrogens is 199 g/mol. The Morgan fingerprint density at radius 2 is 2.27 bits per heavy atom. The van der Waals surface area contributed by atoms with E-state index >= 15 is 0 Å². The van der Waals surface area contributed by atoms with Crippen molar-refractivity contribution in [3.05, 3.63) is 45.9 Å². The van der Waals surface area contributed by atoms with Crippen LogP contribution in [0.5, 0.6) is 0 Å². The first-order chi connectivity index (χ1) is 7.11. The molecule has 1 aromatic heterocycles. The normalized spacial score (nSPS) is 10.5. The molecule has 0 atom stereocenters. The third-order valence-electron chi connectivity index (χ3n) is 2.24. The lowest BCUT2D eigenvalue weighted by molar-refractivity contribution is -0.383. The number of nitrogens with zero attached hydrogens (tertiary/aromatic N) is 2. The van der Waals surface area contributed by atoms with E-state index in [0.717, 1.165) is 0 Å². The topological polar surface area (TPSA) is 56.0 Å². The van der Waals surface area contributed by atoms with E-state index in [1.54, 1.807) is 12.1 Å². The van der Waals surface area contributed by atoms with Gasteiger partial charge in [0, 0.05) is 11.6 Å². The minimum atomic E-state index is -0.603. The fourth-order valence-electron chi connectivity index (χ4n) is 1.49. The van der Waals surface area contributed by atoms with Crippen molar-refractivity contribution in [3.63, 3.8) is 0 Å². The van der Waals surface area contributed by atoms with E-state index in [1.165, 1.54) is 19.2 Å². The average molecular weight is 206 g/mol. The summed E-state index contributed by atoms with van der Waals surface area (Å²) in [5, 5.41) is 11.2. The Hall–Kier alpha value is -2.04. The summed E-state index contributed by atoms with van der Waals surface area (Å²) in [7, 11) is 0. The van der Waals surface area contributed by atoms with Crippen LogP contribution < -0.4 is 0 Å². The first-order valence-corrected chi connectivity index (χ1v) is 4.29. The SMILES string of the molecule is Cc1c(F)cc2cccnc2c1[N+](=O)[O-]. The molecule has 0 spiro atoms. The summed E-state index contributed by atoms with van der Waals surface area (Å²) >= 11 is 0. The van der Waals surface area contributed by atoms with Crippen LogP contribution in [0.3, 0.4) is 0 Å². The van der Waals surface area contributed by atoms with Gasteiger partial charge in [0.2, 0.25) is 0 Å². The quantitative estimate of drug-likeness (QED) is 0.532. The van der Waals surface area contributed by atoms with E-state index in [4.69, 9.17) is 0 Å². The molecule has 1 aromatic carbocycles. The Morgan fingerprint density at radius 3 is 2.93 bits per heavy atom. The van der Waals surface area contributed by atoms with Crippen molar-refractivity contribution in [2.75, 3.05) is 0 Å². The molecule has 0 aliphatic rings. The molecule has 0 unspecified atom stereocenters. The molecule has 15 heavy (non-hydrogen) atoms. The Balaban J connectivity index is 2.95.